The first-order valence-corrected chi connectivity index (χ1v) is 12.8. The molecule has 0 radical (unpaired) electrons. The average Bonchev–Trinajstić information content (AvgIpc) is 2.89. The standard InChI is InChI=1S/C22H43N5O12/c1-22(35)6-36-20(15(33)18(22)26-2)39-17-8(27-19(34)9(28)4-23)3-7(25)16(14(17)32)38-21-13(31)12(30)11(29)10(5-24)37-21/h7-18,20-21,26,28-33,35H,3-6,23-25H2,1-2H3,(H,27,34)/t7-,8-,9+,10+,11+,12-,13+,14-,15+,16-,17-,18+,20+,21+,22-/m0/s1. The fourth-order valence-electron chi connectivity index (χ4n) is 5.22. The van der Waals surface area contributed by atoms with Crippen molar-refractivity contribution >= 4 is 5.91 Å². The first kappa shape index (κ1) is 32.4. The van der Waals surface area contributed by atoms with E-state index in [2.05, 4.69) is 10.6 Å². The van der Waals surface area contributed by atoms with Crippen molar-refractivity contribution in [2.24, 2.45) is 17.2 Å². The van der Waals surface area contributed by atoms with Crippen molar-refractivity contribution in [3.05, 3.63) is 0 Å². The van der Waals surface area contributed by atoms with Crippen LogP contribution in [0.4, 0.5) is 0 Å². The first-order chi connectivity index (χ1) is 18.3. The highest BCUT2D eigenvalue weighted by atomic mass is 16.7. The summed E-state index contributed by atoms with van der Waals surface area (Å²) in [7, 11) is 1.52. The Morgan fingerprint density at radius 3 is 2.26 bits per heavy atom. The van der Waals surface area contributed by atoms with Gasteiger partial charge in [-0.05, 0) is 20.4 Å². The van der Waals surface area contributed by atoms with Gasteiger partial charge in [0.25, 0.3) is 0 Å². The zero-order valence-electron chi connectivity index (χ0n) is 21.8. The van der Waals surface area contributed by atoms with E-state index in [-0.39, 0.29) is 26.1 Å². The summed E-state index contributed by atoms with van der Waals surface area (Å²) in [5.41, 5.74) is 15.8. The number of amides is 1. The highest BCUT2D eigenvalue weighted by Gasteiger charge is 2.53. The molecule has 3 fully saturated rings. The van der Waals surface area contributed by atoms with Crippen LogP contribution in [-0.2, 0) is 23.7 Å². The van der Waals surface area contributed by atoms with Crippen molar-refractivity contribution in [3.8, 4) is 0 Å². The van der Waals surface area contributed by atoms with Gasteiger partial charge in [-0.3, -0.25) is 4.79 Å². The van der Waals surface area contributed by atoms with E-state index >= 15 is 0 Å². The largest absolute Gasteiger partial charge is 0.388 e. The van der Waals surface area contributed by atoms with E-state index in [1.54, 1.807) is 0 Å². The van der Waals surface area contributed by atoms with Crippen molar-refractivity contribution in [1.82, 2.24) is 10.6 Å². The molecule has 0 spiro atoms. The van der Waals surface area contributed by atoms with Gasteiger partial charge in [-0.25, -0.2) is 0 Å². The van der Waals surface area contributed by atoms with Gasteiger partial charge in [0.05, 0.1) is 18.7 Å². The highest BCUT2D eigenvalue weighted by Crippen LogP contribution is 2.32. The second-order valence-corrected chi connectivity index (χ2v) is 10.5. The summed E-state index contributed by atoms with van der Waals surface area (Å²) >= 11 is 0. The molecule has 15 N–H and O–H groups in total. The highest BCUT2D eigenvalue weighted by molar-refractivity contribution is 5.81. The SMILES string of the molecule is CN[C@@H]1[C@@H](O)[C@@H](O[C@@H]2[C@@H](O)[C@@H](O[C@H]3O[C@H](CN)[C@@H](O)[C@H](O)[C@H]3O)[C@@H](N)C[C@@H]2NC(=O)[C@H](O)CN)OC[C@]1(C)O. The molecule has 0 aromatic carbocycles. The molecular weight excluding hydrogens is 526 g/mol. The maximum Gasteiger partial charge on any atom is 0.250 e. The monoisotopic (exact) mass is 569 g/mol. The summed E-state index contributed by atoms with van der Waals surface area (Å²) in [6.07, 6.45) is -16.3. The first-order valence-electron chi connectivity index (χ1n) is 12.8. The average molecular weight is 570 g/mol. The Balaban J connectivity index is 1.84. The Bertz CT molecular complexity index is 811. The van der Waals surface area contributed by atoms with Gasteiger partial charge < -0.3 is 82.5 Å². The van der Waals surface area contributed by atoms with Crippen LogP contribution < -0.4 is 27.8 Å². The van der Waals surface area contributed by atoms with Crippen LogP contribution in [0.3, 0.4) is 0 Å². The van der Waals surface area contributed by atoms with Crippen LogP contribution in [0.2, 0.25) is 0 Å². The summed E-state index contributed by atoms with van der Waals surface area (Å²) in [6.45, 7) is 0.634. The summed E-state index contributed by atoms with van der Waals surface area (Å²) < 4.78 is 22.7. The minimum Gasteiger partial charge on any atom is -0.388 e. The molecule has 1 aliphatic carbocycles. The molecule has 0 unspecified atom stereocenters. The Morgan fingerprint density at radius 1 is 1.03 bits per heavy atom. The maximum atomic E-state index is 12.4. The predicted molar refractivity (Wildman–Crippen MR) is 130 cm³/mol. The fourth-order valence-corrected chi connectivity index (χ4v) is 5.22. The van der Waals surface area contributed by atoms with Crippen molar-refractivity contribution in [2.75, 3.05) is 26.7 Å². The van der Waals surface area contributed by atoms with E-state index in [1.165, 1.54) is 14.0 Å². The zero-order chi connectivity index (χ0) is 29.2. The molecule has 3 aliphatic rings. The van der Waals surface area contributed by atoms with Crippen molar-refractivity contribution in [1.29, 1.82) is 0 Å². The molecule has 17 nitrogen and oxygen atoms in total. The zero-order valence-corrected chi connectivity index (χ0v) is 21.8. The number of rotatable bonds is 9. The van der Waals surface area contributed by atoms with Gasteiger partial charge >= 0.3 is 0 Å². The third kappa shape index (κ3) is 6.85. The van der Waals surface area contributed by atoms with Crippen LogP contribution in [0.5, 0.6) is 0 Å². The van der Waals surface area contributed by atoms with Gasteiger partial charge in [0.1, 0.15) is 60.5 Å². The normalized spacial score (nSPS) is 47.9. The minimum absolute atomic E-state index is 0.0836. The van der Waals surface area contributed by atoms with E-state index in [4.69, 9.17) is 36.1 Å². The Hall–Kier alpha value is -1.13. The van der Waals surface area contributed by atoms with Gasteiger partial charge in [-0.2, -0.15) is 0 Å². The van der Waals surface area contributed by atoms with Gasteiger partial charge in [0, 0.05) is 19.1 Å². The number of hydrogen-bond acceptors (Lipinski definition) is 16. The molecule has 3 rings (SSSR count). The summed E-state index contributed by atoms with van der Waals surface area (Å²) in [4.78, 5) is 12.4. The van der Waals surface area contributed by atoms with Crippen LogP contribution >= 0.6 is 0 Å². The number of aliphatic hydroxyl groups is 7. The molecule has 228 valence electrons. The molecule has 0 aromatic heterocycles. The summed E-state index contributed by atoms with van der Waals surface area (Å²) in [6, 6.07) is -2.92. The van der Waals surface area contributed by atoms with Crippen LogP contribution in [0.25, 0.3) is 0 Å². The van der Waals surface area contributed by atoms with Gasteiger partial charge in [0.2, 0.25) is 5.91 Å². The molecule has 2 saturated heterocycles. The van der Waals surface area contributed by atoms with Gasteiger partial charge in [-0.1, -0.05) is 0 Å². The summed E-state index contributed by atoms with van der Waals surface area (Å²) in [5.74, 6) is -0.857. The maximum absolute atomic E-state index is 12.4. The molecule has 1 saturated carbocycles. The lowest BCUT2D eigenvalue weighted by molar-refractivity contribution is -0.330. The van der Waals surface area contributed by atoms with E-state index in [0.717, 1.165) is 0 Å². The second-order valence-electron chi connectivity index (χ2n) is 10.5. The molecule has 15 atom stereocenters. The smallest absolute Gasteiger partial charge is 0.250 e. The van der Waals surface area contributed by atoms with Crippen molar-refractivity contribution in [2.45, 2.75) is 105 Å². The summed E-state index contributed by atoms with van der Waals surface area (Å²) in [5, 5.41) is 78.5. The number of hydrogen-bond donors (Lipinski definition) is 12. The van der Waals surface area contributed by atoms with Crippen LogP contribution in [0.1, 0.15) is 13.3 Å². The van der Waals surface area contributed by atoms with E-state index in [0.29, 0.717) is 0 Å². The van der Waals surface area contributed by atoms with Gasteiger partial charge in [-0.15, -0.1) is 0 Å². The third-order valence-electron chi connectivity index (χ3n) is 7.50. The minimum atomic E-state index is -1.72. The second kappa shape index (κ2) is 13.2. The molecule has 2 aliphatic heterocycles. The van der Waals surface area contributed by atoms with Crippen molar-refractivity contribution in [3.63, 3.8) is 0 Å². The lowest BCUT2D eigenvalue weighted by Gasteiger charge is -2.49. The number of ether oxygens (including phenoxy) is 4. The Labute approximate surface area is 225 Å². The molecule has 0 bridgehead atoms. The number of carbonyl (C=O) groups is 1. The molecule has 1 amide bonds. The Morgan fingerprint density at radius 2 is 1.67 bits per heavy atom. The molecule has 17 heteroatoms. The quantitative estimate of drug-likeness (QED) is 0.123. The molecule has 2 heterocycles. The van der Waals surface area contributed by atoms with Crippen LogP contribution in [-0.4, -0.2) is 160 Å². The lowest BCUT2D eigenvalue weighted by atomic mass is 9.83. The molecular formula is C22H43N5O12. The number of nitrogens with one attached hydrogen (secondary N) is 2. The van der Waals surface area contributed by atoms with E-state index < -0.39 is 97.1 Å². The number of likely N-dealkylation sites (N-methyl/N-ethyl adjacent to an activating group) is 1. The number of nitrogens with two attached hydrogens (primary N) is 3. The predicted octanol–water partition coefficient (Wildman–Crippen LogP) is -7.52. The fraction of sp³-hybridized carbons (Fsp3) is 0.955. The number of carbonyl (C=O) groups excluding carboxylic acids is 1. The van der Waals surface area contributed by atoms with E-state index in [9.17, 15) is 40.5 Å². The molecule has 39 heavy (non-hydrogen) atoms. The van der Waals surface area contributed by atoms with Crippen LogP contribution in [0.15, 0.2) is 0 Å². The van der Waals surface area contributed by atoms with Crippen molar-refractivity contribution < 1.29 is 59.5 Å². The third-order valence-corrected chi connectivity index (χ3v) is 7.50. The van der Waals surface area contributed by atoms with Gasteiger partial charge in [0.15, 0.2) is 12.6 Å². The van der Waals surface area contributed by atoms with E-state index in [1.807, 2.05) is 0 Å². The Kier molecular flexibility index (Phi) is 11.0. The number of aliphatic hydroxyl groups excluding tert-OH is 6. The van der Waals surface area contributed by atoms with Crippen LogP contribution in [0, 0.1) is 0 Å². The topological polar surface area (TPSA) is 298 Å². The lowest BCUT2D eigenvalue weighted by Crippen LogP contribution is -2.70. The molecule has 0 aromatic rings.